The van der Waals surface area contributed by atoms with Crippen LogP contribution >= 0.6 is 0 Å². The first-order valence-electron chi connectivity index (χ1n) is 18.2. The topological polar surface area (TPSA) is 226 Å². The van der Waals surface area contributed by atoms with Crippen LogP contribution in [0, 0.1) is 5.92 Å². The number of carboxylic acid groups (broad SMARTS) is 1. The van der Waals surface area contributed by atoms with Gasteiger partial charge in [0.15, 0.2) is 0 Å². The van der Waals surface area contributed by atoms with E-state index in [2.05, 4.69) is 16.0 Å². The molecule has 1 saturated heterocycles. The molecule has 52 heavy (non-hydrogen) atoms. The number of aliphatic carboxylic acids is 1. The highest BCUT2D eigenvalue weighted by atomic mass is 16.4. The molecule has 3 rings (SSSR count). The van der Waals surface area contributed by atoms with Crippen molar-refractivity contribution in [3.63, 3.8) is 0 Å². The van der Waals surface area contributed by atoms with Gasteiger partial charge >= 0.3 is 12.0 Å². The van der Waals surface area contributed by atoms with Crippen LogP contribution in [0.15, 0.2) is 60.7 Å². The monoisotopic (exact) mass is 722 g/mol. The number of likely N-dealkylation sites (tertiary alicyclic amines) is 1. The summed E-state index contributed by atoms with van der Waals surface area (Å²) in [7, 11) is 0. The van der Waals surface area contributed by atoms with Gasteiger partial charge in [-0.2, -0.15) is 0 Å². The van der Waals surface area contributed by atoms with Crippen LogP contribution in [0.2, 0.25) is 0 Å². The van der Waals surface area contributed by atoms with Crippen LogP contribution in [-0.2, 0) is 32.1 Å². The minimum atomic E-state index is -1.41. The van der Waals surface area contributed by atoms with E-state index in [1.807, 2.05) is 74.5 Å². The van der Waals surface area contributed by atoms with E-state index in [1.165, 1.54) is 4.90 Å². The van der Waals surface area contributed by atoms with Crippen molar-refractivity contribution in [2.24, 2.45) is 23.1 Å². The molecule has 1 aliphatic rings. The molecule has 1 heterocycles. The maximum atomic E-state index is 14.1. The van der Waals surface area contributed by atoms with Gasteiger partial charge in [-0.05, 0) is 69.0 Å². The van der Waals surface area contributed by atoms with Crippen molar-refractivity contribution in [3.05, 3.63) is 71.8 Å². The minimum absolute atomic E-state index is 0.00666. The van der Waals surface area contributed by atoms with Gasteiger partial charge in [-0.1, -0.05) is 74.5 Å². The summed E-state index contributed by atoms with van der Waals surface area (Å²) < 4.78 is 0. The van der Waals surface area contributed by atoms with E-state index >= 15 is 0 Å². The molecule has 0 aromatic heterocycles. The number of rotatable bonds is 19. The fourth-order valence-electron chi connectivity index (χ4n) is 6.23. The highest BCUT2D eigenvalue weighted by Gasteiger charge is 2.40. The van der Waals surface area contributed by atoms with Crippen molar-refractivity contribution in [3.8, 4) is 0 Å². The number of amides is 5. The van der Waals surface area contributed by atoms with Crippen LogP contribution in [0.1, 0.15) is 70.4 Å². The van der Waals surface area contributed by atoms with Gasteiger partial charge in [0.1, 0.15) is 23.7 Å². The van der Waals surface area contributed by atoms with E-state index in [1.54, 1.807) is 11.8 Å². The Kier molecular flexibility index (Phi) is 16.5. The summed E-state index contributed by atoms with van der Waals surface area (Å²) in [5, 5.41) is 18.2. The molecule has 10 N–H and O–H groups in total. The summed E-state index contributed by atoms with van der Waals surface area (Å²) in [6, 6.07) is 15.0. The van der Waals surface area contributed by atoms with Crippen molar-refractivity contribution in [1.29, 1.82) is 0 Å². The molecular formula is C38H58N8O6. The molecule has 14 heteroatoms. The first-order valence-corrected chi connectivity index (χ1v) is 18.2. The molecule has 2 aromatic carbocycles. The number of benzene rings is 2. The zero-order chi connectivity index (χ0) is 38.3. The normalized spacial score (nSPS) is 16.2. The molecule has 286 valence electrons. The lowest BCUT2D eigenvalue weighted by Gasteiger charge is -2.38. The molecule has 1 fully saturated rings. The van der Waals surface area contributed by atoms with E-state index in [-0.39, 0.29) is 69.7 Å². The first kappa shape index (κ1) is 41.9. The fraction of sp³-hybridized carbons (Fsp3) is 0.553. The Balaban J connectivity index is 1.82. The number of unbranched alkanes of at least 4 members (excludes halogenated alkanes) is 1. The van der Waals surface area contributed by atoms with Gasteiger partial charge in [-0.3, -0.25) is 19.2 Å². The Hall–Kier alpha value is -4.53. The zero-order valence-corrected chi connectivity index (χ0v) is 30.8. The molecule has 2 aromatic rings. The van der Waals surface area contributed by atoms with E-state index in [4.69, 9.17) is 17.2 Å². The van der Waals surface area contributed by atoms with Crippen LogP contribution in [0.4, 0.5) is 4.79 Å². The second kappa shape index (κ2) is 20.5. The van der Waals surface area contributed by atoms with Gasteiger partial charge in [-0.15, -0.1) is 0 Å². The van der Waals surface area contributed by atoms with Crippen molar-refractivity contribution in [1.82, 2.24) is 25.8 Å². The standard InChI is InChI=1S/C38H58N8O6/c1-26(2)22-31(33(47)42-30(16-10-11-19-39)35(49)45-20-17-38(41,18-21-45)36(50)51)43-34(48)32(23-28-12-6-4-7-13-28)44-37(52)46(24-27(3)40)25-29-14-8-5-9-15-29/h4-9,12-15,26-27,30-32H,10-11,16-25,39-41H2,1-3H3,(H,42,47)(H,43,48)(H,44,52)(H,50,51)/t27?,30-,31-,32-/m1/s1. The van der Waals surface area contributed by atoms with Gasteiger partial charge in [0, 0.05) is 38.6 Å². The van der Waals surface area contributed by atoms with Crippen molar-refractivity contribution < 1.29 is 29.1 Å². The lowest BCUT2D eigenvalue weighted by atomic mass is 9.88. The Bertz CT molecular complexity index is 1450. The highest BCUT2D eigenvalue weighted by molar-refractivity contribution is 5.94. The van der Waals surface area contributed by atoms with Gasteiger partial charge in [-0.25, -0.2) is 4.79 Å². The molecule has 14 nitrogen and oxygen atoms in total. The largest absolute Gasteiger partial charge is 0.480 e. The van der Waals surface area contributed by atoms with Crippen molar-refractivity contribution in [2.45, 2.75) is 102 Å². The summed E-state index contributed by atoms with van der Waals surface area (Å²) in [4.78, 5) is 70.3. The van der Waals surface area contributed by atoms with Gasteiger partial charge in [0.05, 0.1) is 0 Å². The van der Waals surface area contributed by atoms with Crippen LogP contribution in [0.5, 0.6) is 0 Å². The number of carbonyl (C=O) groups is 5. The van der Waals surface area contributed by atoms with Gasteiger partial charge < -0.3 is 48.1 Å². The molecule has 4 atom stereocenters. The number of carboxylic acids is 1. The Morgan fingerprint density at radius 1 is 0.827 bits per heavy atom. The Morgan fingerprint density at radius 2 is 1.38 bits per heavy atom. The summed E-state index contributed by atoms with van der Waals surface area (Å²) in [6.45, 7) is 6.87. The van der Waals surface area contributed by atoms with Gasteiger partial charge in [0.2, 0.25) is 17.7 Å². The number of urea groups is 1. The number of nitrogens with two attached hydrogens (primary N) is 3. The van der Waals surface area contributed by atoms with Gasteiger partial charge in [0.25, 0.3) is 0 Å². The molecule has 0 aliphatic carbocycles. The maximum absolute atomic E-state index is 14.1. The second-order valence-electron chi connectivity index (χ2n) is 14.4. The van der Waals surface area contributed by atoms with Crippen LogP contribution in [0.25, 0.3) is 0 Å². The lowest BCUT2D eigenvalue weighted by molar-refractivity contribution is -0.148. The third kappa shape index (κ3) is 13.2. The van der Waals surface area contributed by atoms with E-state index < -0.39 is 47.5 Å². The Labute approximate surface area is 307 Å². The number of carbonyl (C=O) groups excluding carboxylic acids is 4. The van der Waals surface area contributed by atoms with E-state index in [9.17, 15) is 29.1 Å². The molecule has 0 bridgehead atoms. The van der Waals surface area contributed by atoms with E-state index in [0.717, 1.165) is 11.1 Å². The summed E-state index contributed by atoms with van der Waals surface area (Å²) >= 11 is 0. The predicted octanol–water partition coefficient (Wildman–Crippen LogP) is 1.71. The zero-order valence-electron chi connectivity index (χ0n) is 30.8. The first-order chi connectivity index (χ1) is 24.7. The van der Waals surface area contributed by atoms with Crippen molar-refractivity contribution in [2.75, 3.05) is 26.2 Å². The lowest BCUT2D eigenvalue weighted by Crippen LogP contribution is -2.60. The smallest absolute Gasteiger partial charge is 0.323 e. The average molecular weight is 723 g/mol. The fourth-order valence-corrected chi connectivity index (χ4v) is 6.23. The minimum Gasteiger partial charge on any atom is -0.480 e. The summed E-state index contributed by atoms with van der Waals surface area (Å²) in [6.07, 6.45) is 2.15. The van der Waals surface area contributed by atoms with Crippen LogP contribution in [-0.4, -0.2) is 101 Å². The number of nitrogens with one attached hydrogen (secondary N) is 3. The Morgan fingerprint density at radius 3 is 1.92 bits per heavy atom. The van der Waals surface area contributed by atoms with Crippen molar-refractivity contribution >= 4 is 29.7 Å². The number of piperidine rings is 1. The molecule has 1 aliphatic heterocycles. The second-order valence-corrected chi connectivity index (χ2v) is 14.4. The average Bonchev–Trinajstić information content (AvgIpc) is 3.10. The molecular weight excluding hydrogens is 664 g/mol. The number of hydrogen-bond acceptors (Lipinski definition) is 8. The SMILES string of the molecule is CC(C)C[C@@H](NC(=O)[C@@H](Cc1ccccc1)NC(=O)N(Cc1ccccc1)CC(C)N)C(=O)N[C@H](CCCCN)C(=O)N1CCC(N)(C(=O)O)CC1. The molecule has 0 spiro atoms. The predicted molar refractivity (Wildman–Crippen MR) is 200 cm³/mol. The number of nitrogens with zero attached hydrogens (tertiary/aromatic N) is 2. The summed E-state index contributed by atoms with van der Waals surface area (Å²) in [5.74, 6) is -2.54. The van der Waals surface area contributed by atoms with Crippen LogP contribution in [0.3, 0.4) is 0 Å². The maximum Gasteiger partial charge on any atom is 0.323 e. The number of hydrogen-bond donors (Lipinski definition) is 7. The third-order valence-electron chi connectivity index (χ3n) is 9.20. The molecule has 1 unspecified atom stereocenters. The van der Waals surface area contributed by atoms with E-state index in [0.29, 0.717) is 25.8 Å². The molecule has 0 saturated carbocycles. The summed E-state index contributed by atoms with van der Waals surface area (Å²) in [5.41, 5.74) is 18.2. The third-order valence-corrected chi connectivity index (χ3v) is 9.20. The molecule has 0 radical (unpaired) electrons. The molecule has 5 amide bonds. The van der Waals surface area contributed by atoms with Crippen LogP contribution < -0.4 is 33.2 Å². The highest BCUT2D eigenvalue weighted by Crippen LogP contribution is 2.21. The quantitative estimate of drug-likeness (QED) is 0.105.